The van der Waals surface area contributed by atoms with Crippen molar-refractivity contribution in [3.8, 4) is 11.3 Å². The van der Waals surface area contributed by atoms with Crippen LogP contribution >= 0.6 is 0 Å². The zero-order valence-corrected chi connectivity index (χ0v) is 19.5. The minimum Gasteiger partial charge on any atom is -0.316 e. The highest BCUT2D eigenvalue weighted by molar-refractivity contribution is 5.94. The third-order valence-corrected chi connectivity index (χ3v) is 6.99. The largest absolute Gasteiger partial charge is 0.322 e. The van der Waals surface area contributed by atoms with Gasteiger partial charge in [-0.05, 0) is 60.8 Å². The number of benzene rings is 3. The SMILES string of the molecule is O=C(Nc1ccc(-c2n[nH]c(=O)c3ccccc23)cc1)N1Cc2ccc(CN3CCCC3)cc2C1. The molecule has 176 valence electrons. The first-order valence-corrected chi connectivity index (χ1v) is 12.1. The van der Waals surface area contributed by atoms with Crippen LogP contribution < -0.4 is 10.9 Å². The molecule has 1 fully saturated rings. The van der Waals surface area contributed by atoms with Crippen LogP contribution in [-0.2, 0) is 19.6 Å². The molecule has 0 unspecified atom stereocenters. The van der Waals surface area contributed by atoms with Crippen LogP contribution in [0.4, 0.5) is 10.5 Å². The Hall–Kier alpha value is -3.97. The highest BCUT2D eigenvalue weighted by Crippen LogP contribution is 2.28. The first-order chi connectivity index (χ1) is 17.1. The summed E-state index contributed by atoms with van der Waals surface area (Å²) in [6, 6.07) is 21.5. The van der Waals surface area contributed by atoms with Gasteiger partial charge in [0.2, 0.25) is 0 Å². The fraction of sp³-hybridized carbons (Fsp3) is 0.250. The number of anilines is 1. The number of carbonyl (C=O) groups excluding carboxylic acids is 1. The number of nitrogens with one attached hydrogen (secondary N) is 2. The lowest BCUT2D eigenvalue weighted by atomic mass is 10.0. The van der Waals surface area contributed by atoms with Crippen molar-refractivity contribution < 1.29 is 4.79 Å². The van der Waals surface area contributed by atoms with E-state index in [9.17, 15) is 9.59 Å². The van der Waals surface area contributed by atoms with Crippen LogP contribution in [0.1, 0.15) is 29.5 Å². The summed E-state index contributed by atoms with van der Waals surface area (Å²) in [4.78, 5) is 29.4. The van der Waals surface area contributed by atoms with Crippen LogP contribution in [0.15, 0.2) is 71.5 Å². The molecule has 7 heteroatoms. The molecular formula is C28H27N5O2. The first kappa shape index (κ1) is 21.6. The molecule has 0 radical (unpaired) electrons. The van der Waals surface area contributed by atoms with Crippen LogP contribution in [0.25, 0.3) is 22.0 Å². The molecule has 3 heterocycles. The molecule has 2 aliphatic rings. The average Bonchev–Trinajstić information content (AvgIpc) is 3.55. The molecule has 0 saturated carbocycles. The second-order valence-corrected chi connectivity index (χ2v) is 9.40. The van der Waals surface area contributed by atoms with Crippen LogP contribution in [0.3, 0.4) is 0 Å². The molecular weight excluding hydrogens is 438 g/mol. The number of urea groups is 1. The summed E-state index contributed by atoms with van der Waals surface area (Å²) in [5.74, 6) is 0. The van der Waals surface area contributed by atoms with Crippen molar-refractivity contribution in [3.63, 3.8) is 0 Å². The minimum absolute atomic E-state index is 0.109. The van der Waals surface area contributed by atoms with Crippen molar-refractivity contribution in [2.45, 2.75) is 32.5 Å². The maximum absolute atomic E-state index is 13.0. The number of hydrogen-bond acceptors (Lipinski definition) is 4. The number of fused-ring (bicyclic) bond motifs is 2. The lowest BCUT2D eigenvalue weighted by molar-refractivity contribution is 0.212. The molecule has 0 aliphatic carbocycles. The highest BCUT2D eigenvalue weighted by Gasteiger charge is 2.24. The Morgan fingerprint density at radius 3 is 2.46 bits per heavy atom. The van der Waals surface area contributed by atoms with Gasteiger partial charge >= 0.3 is 6.03 Å². The summed E-state index contributed by atoms with van der Waals surface area (Å²) in [6.07, 6.45) is 2.58. The van der Waals surface area contributed by atoms with Crippen LogP contribution in [0, 0.1) is 0 Å². The number of aromatic nitrogens is 2. The molecule has 1 aromatic heterocycles. The van der Waals surface area contributed by atoms with E-state index in [1.807, 2.05) is 47.4 Å². The van der Waals surface area contributed by atoms with Crippen molar-refractivity contribution >= 4 is 22.5 Å². The zero-order valence-electron chi connectivity index (χ0n) is 19.5. The van der Waals surface area contributed by atoms with E-state index in [2.05, 4.69) is 38.6 Å². The Morgan fingerprint density at radius 2 is 1.66 bits per heavy atom. The van der Waals surface area contributed by atoms with Gasteiger partial charge in [0.1, 0.15) is 0 Å². The molecule has 2 amide bonds. The quantitative estimate of drug-likeness (QED) is 0.456. The van der Waals surface area contributed by atoms with Gasteiger partial charge in [0.05, 0.1) is 11.1 Å². The Kier molecular flexibility index (Phi) is 5.54. The molecule has 6 rings (SSSR count). The number of amides is 2. The third kappa shape index (κ3) is 4.31. The van der Waals surface area contributed by atoms with Gasteiger partial charge in [0, 0.05) is 36.3 Å². The highest BCUT2D eigenvalue weighted by atomic mass is 16.2. The number of carbonyl (C=O) groups is 1. The van der Waals surface area contributed by atoms with E-state index in [-0.39, 0.29) is 11.6 Å². The molecule has 35 heavy (non-hydrogen) atoms. The number of rotatable bonds is 4. The van der Waals surface area contributed by atoms with Gasteiger partial charge in [-0.25, -0.2) is 9.89 Å². The minimum atomic E-state index is -0.206. The van der Waals surface area contributed by atoms with E-state index in [0.717, 1.165) is 23.2 Å². The van der Waals surface area contributed by atoms with E-state index in [4.69, 9.17) is 0 Å². The predicted molar refractivity (Wildman–Crippen MR) is 137 cm³/mol. The summed E-state index contributed by atoms with van der Waals surface area (Å²) >= 11 is 0. The lowest BCUT2D eigenvalue weighted by Gasteiger charge is -2.16. The van der Waals surface area contributed by atoms with Gasteiger partial charge in [-0.3, -0.25) is 9.69 Å². The van der Waals surface area contributed by atoms with Gasteiger partial charge in [-0.15, -0.1) is 0 Å². The van der Waals surface area contributed by atoms with Crippen LogP contribution in [-0.4, -0.2) is 39.1 Å². The number of aromatic amines is 1. The van der Waals surface area contributed by atoms with Crippen molar-refractivity contribution in [2.75, 3.05) is 18.4 Å². The summed E-state index contributed by atoms with van der Waals surface area (Å²) in [7, 11) is 0. The zero-order chi connectivity index (χ0) is 23.8. The Bertz CT molecular complexity index is 1450. The molecule has 7 nitrogen and oxygen atoms in total. The van der Waals surface area contributed by atoms with E-state index in [1.165, 1.54) is 42.6 Å². The molecule has 4 aromatic rings. The second kappa shape index (κ2) is 9.00. The molecule has 0 spiro atoms. The van der Waals surface area contributed by atoms with Crippen LogP contribution in [0.5, 0.6) is 0 Å². The summed E-state index contributed by atoms with van der Waals surface area (Å²) in [5.41, 5.74) is 5.88. The van der Waals surface area contributed by atoms with Crippen molar-refractivity contribution in [1.82, 2.24) is 20.0 Å². The van der Waals surface area contributed by atoms with Gasteiger partial charge in [0.15, 0.2) is 0 Å². The third-order valence-electron chi connectivity index (χ3n) is 6.99. The Balaban J connectivity index is 1.13. The number of likely N-dealkylation sites (tertiary alicyclic amines) is 1. The number of H-pyrrole nitrogens is 1. The van der Waals surface area contributed by atoms with Crippen molar-refractivity contribution in [3.05, 3.63) is 93.8 Å². The van der Waals surface area contributed by atoms with E-state index >= 15 is 0 Å². The molecule has 0 atom stereocenters. The van der Waals surface area contributed by atoms with Gasteiger partial charge in [0.25, 0.3) is 5.56 Å². The summed E-state index contributed by atoms with van der Waals surface area (Å²) in [6.45, 7) is 4.60. The lowest BCUT2D eigenvalue weighted by Crippen LogP contribution is -2.30. The van der Waals surface area contributed by atoms with E-state index in [1.54, 1.807) is 6.07 Å². The van der Waals surface area contributed by atoms with Gasteiger partial charge in [-0.1, -0.05) is 48.5 Å². The van der Waals surface area contributed by atoms with E-state index < -0.39 is 0 Å². The molecule has 3 aromatic carbocycles. The second-order valence-electron chi connectivity index (χ2n) is 9.40. The van der Waals surface area contributed by atoms with Crippen molar-refractivity contribution in [1.29, 1.82) is 0 Å². The summed E-state index contributed by atoms with van der Waals surface area (Å²) < 4.78 is 0. The molecule has 1 saturated heterocycles. The predicted octanol–water partition coefficient (Wildman–Crippen LogP) is 4.73. The van der Waals surface area contributed by atoms with Crippen molar-refractivity contribution in [2.24, 2.45) is 0 Å². The van der Waals surface area contributed by atoms with E-state index in [0.29, 0.717) is 24.2 Å². The fourth-order valence-electron chi connectivity index (χ4n) is 5.14. The first-order valence-electron chi connectivity index (χ1n) is 12.1. The molecule has 2 N–H and O–H groups in total. The fourth-order valence-corrected chi connectivity index (χ4v) is 5.14. The van der Waals surface area contributed by atoms with Gasteiger partial charge in [-0.2, -0.15) is 5.10 Å². The summed E-state index contributed by atoms with van der Waals surface area (Å²) in [5, 5.41) is 11.2. The molecule has 0 bridgehead atoms. The maximum atomic E-state index is 13.0. The topological polar surface area (TPSA) is 81.3 Å². The number of nitrogens with zero attached hydrogens (tertiary/aromatic N) is 3. The Morgan fingerprint density at radius 1 is 0.914 bits per heavy atom. The standard InChI is InChI=1S/C28H27N5O2/c34-27-25-6-2-1-5-24(25)26(30-31-27)20-9-11-23(12-10-20)29-28(35)33-17-21-8-7-19(15-22(21)18-33)16-32-13-3-4-14-32/h1-2,5-12,15H,3-4,13-14,16-18H2,(H,29,35)(H,31,34). The van der Waals surface area contributed by atoms with Gasteiger partial charge < -0.3 is 10.2 Å². The Labute approximate surface area is 203 Å². The number of hydrogen-bond donors (Lipinski definition) is 2. The smallest absolute Gasteiger partial charge is 0.316 e. The maximum Gasteiger partial charge on any atom is 0.322 e. The van der Waals surface area contributed by atoms with Crippen LogP contribution in [0.2, 0.25) is 0 Å². The monoisotopic (exact) mass is 465 g/mol. The molecule has 2 aliphatic heterocycles. The average molecular weight is 466 g/mol. The normalized spacial score (nSPS) is 15.5.